The van der Waals surface area contributed by atoms with E-state index >= 15 is 0 Å². The summed E-state index contributed by atoms with van der Waals surface area (Å²) in [6.07, 6.45) is 1.69. The minimum atomic E-state index is -0.134. The largest absolute Gasteiger partial charge is 0.484 e. The third-order valence-electron chi connectivity index (χ3n) is 4.04. The molecule has 3 rings (SSSR count). The molecule has 0 fully saturated rings. The van der Waals surface area contributed by atoms with Gasteiger partial charge in [-0.3, -0.25) is 9.69 Å². The smallest absolute Gasteiger partial charge is 0.266 e. The number of amides is 1. The molecule has 132 valence electrons. The lowest BCUT2D eigenvalue weighted by Gasteiger charge is -2.22. The number of hydrogen-bond acceptors (Lipinski definition) is 3. The zero-order valence-corrected chi connectivity index (χ0v) is 15.1. The fourth-order valence-electron chi connectivity index (χ4n) is 2.61. The van der Waals surface area contributed by atoms with E-state index in [9.17, 15) is 4.79 Å². The first-order valence-corrected chi connectivity index (χ1v) is 8.58. The normalized spacial score (nSPS) is 10.4. The molecule has 0 radical (unpaired) electrons. The molecule has 0 aliphatic heterocycles. The first-order valence-electron chi connectivity index (χ1n) is 8.58. The maximum absolute atomic E-state index is 12.8. The molecule has 0 saturated carbocycles. The number of aromatic nitrogens is 1. The molecule has 0 aliphatic rings. The molecule has 2 aromatic carbocycles. The molecule has 0 aliphatic carbocycles. The average Bonchev–Trinajstić information content (AvgIpc) is 2.66. The van der Waals surface area contributed by atoms with Crippen molar-refractivity contribution in [2.24, 2.45) is 0 Å². The number of nitrogens with zero attached hydrogens (tertiary/aromatic N) is 2. The lowest BCUT2D eigenvalue weighted by atomic mass is 10.1. The Morgan fingerprint density at radius 2 is 1.77 bits per heavy atom. The molecular weight excluding hydrogens is 324 g/mol. The molecule has 3 aromatic rings. The number of ether oxygens (including phenoxy) is 1. The van der Waals surface area contributed by atoms with Gasteiger partial charge in [-0.05, 0) is 49.2 Å². The second kappa shape index (κ2) is 8.30. The number of pyridine rings is 1. The molecule has 0 unspecified atom stereocenters. The molecule has 0 saturated heterocycles. The molecule has 0 bridgehead atoms. The maximum Gasteiger partial charge on any atom is 0.266 e. The Kier molecular flexibility index (Phi) is 5.64. The van der Waals surface area contributed by atoms with Gasteiger partial charge in [-0.25, -0.2) is 4.98 Å². The van der Waals surface area contributed by atoms with Gasteiger partial charge < -0.3 is 4.74 Å². The molecule has 0 atom stereocenters. The summed E-state index contributed by atoms with van der Waals surface area (Å²) in [7, 11) is 0. The molecule has 1 amide bonds. The van der Waals surface area contributed by atoms with E-state index in [1.54, 1.807) is 11.1 Å². The first kappa shape index (κ1) is 17.7. The summed E-state index contributed by atoms with van der Waals surface area (Å²) in [5.74, 6) is 1.17. The number of anilines is 1. The third-order valence-corrected chi connectivity index (χ3v) is 4.04. The molecule has 4 nitrogen and oxygen atoms in total. The summed E-state index contributed by atoms with van der Waals surface area (Å²) < 4.78 is 5.69. The van der Waals surface area contributed by atoms with E-state index in [1.165, 1.54) is 5.56 Å². The molecule has 1 aromatic heterocycles. The molecule has 26 heavy (non-hydrogen) atoms. The quantitative estimate of drug-likeness (QED) is 0.668. The summed E-state index contributed by atoms with van der Waals surface area (Å²) in [5.41, 5.74) is 3.33. The number of carbonyl (C=O) groups is 1. The Balaban J connectivity index is 1.76. The van der Waals surface area contributed by atoms with Crippen LogP contribution in [0.1, 0.15) is 16.7 Å². The molecule has 4 heteroatoms. The fourth-order valence-corrected chi connectivity index (χ4v) is 2.61. The number of carbonyl (C=O) groups excluding carboxylic acids is 1. The topological polar surface area (TPSA) is 42.4 Å². The Morgan fingerprint density at radius 3 is 2.46 bits per heavy atom. The lowest BCUT2D eigenvalue weighted by molar-refractivity contribution is -0.120. The summed E-state index contributed by atoms with van der Waals surface area (Å²) in [6.45, 7) is 4.45. The van der Waals surface area contributed by atoms with Crippen molar-refractivity contribution in [3.8, 4) is 5.75 Å². The predicted octanol–water partition coefficient (Wildman–Crippen LogP) is 4.31. The highest BCUT2D eigenvalue weighted by Crippen LogP contribution is 2.17. The van der Waals surface area contributed by atoms with Gasteiger partial charge in [0.25, 0.3) is 5.91 Å². The van der Waals surface area contributed by atoms with Crippen LogP contribution in [0.5, 0.6) is 5.75 Å². The minimum Gasteiger partial charge on any atom is -0.484 e. The Morgan fingerprint density at radius 1 is 0.962 bits per heavy atom. The summed E-state index contributed by atoms with van der Waals surface area (Å²) in [4.78, 5) is 18.8. The molecule has 0 N–H and O–H groups in total. The van der Waals surface area contributed by atoms with Gasteiger partial charge in [0.05, 0.1) is 6.54 Å². The van der Waals surface area contributed by atoms with E-state index in [0.717, 1.165) is 11.1 Å². The number of rotatable bonds is 6. The van der Waals surface area contributed by atoms with E-state index in [4.69, 9.17) is 4.74 Å². The maximum atomic E-state index is 12.8. The van der Waals surface area contributed by atoms with Crippen LogP contribution in [0.15, 0.2) is 72.9 Å². The SMILES string of the molecule is Cc1ccc(CN(C(=O)COc2cccc(C)c2)c2ccccn2)cc1. The number of benzene rings is 2. The van der Waals surface area contributed by atoms with Gasteiger partial charge in [-0.1, -0.05) is 48.0 Å². The van der Waals surface area contributed by atoms with Crippen molar-refractivity contribution in [2.75, 3.05) is 11.5 Å². The van der Waals surface area contributed by atoms with E-state index in [2.05, 4.69) is 4.98 Å². The zero-order valence-electron chi connectivity index (χ0n) is 15.1. The Bertz CT molecular complexity index is 861. The monoisotopic (exact) mass is 346 g/mol. The predicted molar refractivity (Wildman–Crippen MR) is 103 cm³/mol. The van der Waals surface area contributed by atoms with Crippen molar-refractivity contribution in [2.45, 2.75) is 20.4 Å². The van der Waals surface area contributed by atoms with Gasteiger partial charge in [-0.15, -0.1) is 0 Å². The molecule has 1 heterocycles. The fraction of sp³-hybridized carbons (Fsp3) is 0.182. The Labute approximate surface area is 154 Å². The van der Waals surface area contributed by atoms with Crippen molar-refractivity contribution in [3.05, 3.63) is 89.6 Å². The van der Waals surface area contributed by atoms with Gasteiger partial charge >= 0.3 is 0 Å². The van der Waals surface area contributed by atoms with E-state index in [1.807, 2.05) is 80.6 Å². The van der Waals surface area contributed by atoms with Crippen LogP contribution in [-0.2, 0) is 11.3 Å². The van der Waals surface area contributed by atoms with Crippen molar-refractivity contribution < 1.29 is 9.53 Å². The van der Waals surface area contributed by atoms with Crippen LogP contribution in [0.2, 0.25) is 0 Å². The van der Waals surface area contributed by atoms with Crippen molar-refractivity contribution in [1.29, 1.82) is 0 Å². The average molecular weight is 346 g/mol. The van der Waals surface area contributed by atoms with Crippen LogP contribution in [0.3, 0.4) is 0 Å². The second-order valence-corrected chi connectivity index (χ2v) is 6.26. The van der Waals surface area contributed by atoms with Crippen LogP contribution in [-0.4, -0.2) is 17.5 Å². The third kappa shape index (κ3) is 4.70. The highest BCUT2D eigenvalue weighted by atomic mass is 16.5. The van der Waals surface area contributed by atoms with Gasteiger partial charge in [-0.2, -0.15) is 0 Å². The van der Waals surface area contributed by atoms with Crippen molar-refractivity contribution in [3.63, 3.8) is 0 Å². The molecule has 0 spiro atoms. The minimum absolute atomic E-state index is 0.0358. The summed E-state index contributed by atoms with van der Waals surface area (Å²) >= 11 is 0. The zero-order chi connectivity index (χ0) is 18.4. The number of aryl methyl sites for hydroxylation is 2. The van der Waals surface area contributed by atoms with Crippen LogP contribution >= 0.6 is 0 Å². The molecular formula is C22H22N2O2. The highest BCUT2D eigenvalue weighted by Gasteiger charge is 2.18. The van der Waals surface area contributed by atoms with E-state index in [0.29, 0.717) is 18.1 Å². The first-order chi connectivity index (χ1) is 12.6. The lowest BCUT2D eigenvalue weighted by Crippen LogP contribution is -2.35. The van der Waals surface area contributed by atoms with Gasteiger partial charge in [0.1, 0.15) is 11.6 Å². The van der Waals surface area contributed by atoms with Crippen molar-refractivity contribution in [1.82, 2.24) is 4.98 Å². The van der Waals surface area contributed by atoms with Crippen LogP contribution in [0.4, 0.5) is 5.82 Å². The van der Waals surface area contributed by atoms with Crippen LogP contribution in [0, 0.1) is 13.8 Å². The second-order valence-electron chi connectivity index (χ2n) is 6.26. The van der Waals surface area contributed by atoms with Gasteiger partial charge in [0, 0.05) is 6.20 Å². The van der Waals surface area contributed by atoms with Crippen LogP contribution < -0.4 is 9.64 Å². The van der Waals surface area contributed by atoms with E-state index in [-0.39, 0.29) is 12.5 Å². The summed E-state index contributed by atoms with van der Waals surface area (Å²) in [6, 6.07) is 21.4. The van der Waals surface area contributed by atoms with Crippen molar-refractivity contribution >= 4 is 11.7 Å². The standard InChI is InChI=1S/C22H22N2O2/c1-17-9-11-19(12-10-17)15-24(21-8-3-4-13-23-21)22(25)16-26-20-7-5-6-18(2)14-20/h3-14H,15-16H2,1-2H3. The Hall–Kier alpha value is -3.14. The number of hydrogen-bond donors (Lipinski definition) is 0. The van der Waals surface area contributed by atoms with Gasteiger partial charge in [0.2, 0.25) is 0 Å². The highest BCUT2D eigenvalue weighted by molar-refractivity contribution is 5.93. The summed E-state index contributed by atoms with van der Waals surface area (Å²) in [5, 5.41) is 0. The van der Waals surface area contributed by atoms with Crippen LogP contribution in [0.25, 0.3) is 0 Å². The van der Waals surface area contributed by atoms with Gasteiger partial charge in [0.15, 0.2) is 6.61 Å². The van der Waals surface area contributed by atoms with E-state index < -0.39 is 0 Å².